The van der Waals surface area contributed by atoms with E-state index in [4.69, 9.17) is 11.5 Å². The number of carbonyl (C=O) groups excluding carboxylic acids is 1. The van der Waals surface area contributed by atoms with Crippen molar-refractivity contribution in [1.29, 1.82) is 0 Å². The zero-order valence-corrected chi connectivity index (χ0v) is 11.4. The summed E-state index contributed by atoms with van der Waals surface area (Å²) in [5.74, 6) is 0.526. The number of benzene rings is 1. The lowest BCUT2D eigenvalue weighted by molar-refractivity contribution is 0.0937. The van der Waals surface area contributed by atoms with Crippen molar-refractivity contribution in [2.75, 3.05) is 11.5 Å². The predicted molar refractivity (Wildman–Crippen MR) is 76.3 cm³/mol. The van der Waals surface area contributed by atoms with Gasteiger partial charge in [-0.05, 0) is 43.9 Å². The Morgan fingerprint density at radius 2 is 1.67 bits per heavy atom. The van der Waals surface area contributed by atoms with E-state index in [-0.39, 0.29) is 11.9 Å². The van der Waals surface area contributed by atoms with Gasteiger partial charge in [0.1, 0.15) is 0 Å². The van der Waals surface area contributed by atoms with Crippen molar-refractivity contribution in [3.8, 4) is 0 Å². The minimum Gasteiger partial charge on any atom is -0.399 e. The quantitative estimate of drug-likeness (QED) is 0.701. The average molecular weight is 249 g/mol. The van der Waals surface area contributed by atoms with Gasteiger partial charge in [0.15, 0.2) is 0 Å². The molecule has 0 fully saturated rings. The van der Waals surface area contributed by atoms with Gasteiger partial charge < -0.3 is 16.8 Å². The second kappa shape index (κ2) is 6.28. The molecule has 1 unspecified atom stereocenters. The van der Waals surface area contributed by atoms with Crippen molar-refractivity contribution in [1.82, 2.24) is 5.32 Å². The maximum atomic E-state index is 12.0. The zero-order valence-electron chi connectivity index (χ0n) is 11.4. The molecule has 0 radical (unpaired) electrons. The zero-order chi connectivity index (χ0) is 13.7. The van der Waals surface area contributed by atoms with E-state index in [1.54, 1.807) is 18.2 Å². The third-order valence-electron chi connectivity index (χ3n) is 2.79. The van der Waals surface area contributed by atoms with Gasteiger partial charge in [-0.3, -0.25) is 4.79 Å². The molecule has 5 N–H and O–H groups in total. The summed E-state index contributed by atoms with van der Waals surface area (Å²) in [6.07, 6.45) is 2.07. The van der Waals surface area contributed by atoms with Crippen LogP contribution in [0.3, 0.4) is 0 Å². The molecule has 0 heterocycles. The number of rotatable bonds is 5. The van der Waals surface area contributed by atoms with E-state index in [1.165, 1.54) is 0 Å². The summed E-state index contributed by atoms with van der Waals surface area (Å²) in [6, 6.07) is 5.07. The van der Waals surface area contributed by atoms with E-state index in [0.29, 0.717) is 22.9 Å². The first-order chi connectivity index (χ1) is 8.38. The number of hydrogen-bond donors (Lipinski definition) is 3. The first-order valence-corrected chi connectivity index (χ1v) is 6.35. The Hall–Kier alpha value is -1.71. The highest BCUT2D eigenvalue weighted by molar-refractivity contribution is 5.96. The van der Waals surface area contributed by atoms with E-state index < -0.39 is 0 Å². The SMILES string of the molecule is CC(C)CCC(C)NC(=O)c1cc(N)cc(N)c1. The molecule has 4 nitrogen and oxygen atoms in total. The topological polar surface area (TPSA) is 81.1 Å². The number of nitrogen functional groups attached to an aromatic ring is 2. The Balaban J connectivity index is 2.59. The first-order valence-electron chi connectivity index (χ1n) is 6.35. The second-order valence-electron chi connectivity index (χ2n) is 5.23. The third kappa shape index (κ3) is 4.65. The molecule has 18 heavy (non-hydrogen) atoms. The molecule has 0 spiro atoms. The molecule has 0 aliphatic rings. The standard InChI is InChI=1S/C14H23N3O/c1-9(2)4-5-10(3)17-14(18)11-6-12(15)8-13(16)7-11/h6-10H,4-5,15-16H2,1-3H3,(H,17,18). The minimum atomic E-state index is -0.120. The molecule has 1 aromatic carbocycles. The molecule has 0 aliphatic carbocycles. The Bertz CT molecular complexity index is 395. The number of hydrogen-bond acceptors (Lipinski definition) is 3. The van der Waals surface area contributed by atoms with Gasteiger partial charge in [0.2, 0.25) is 0 Å². The Morgan fingerprint density at radius 3 is 2.17 bits per heavy atom. The maximum absolute atomic E-state index is 12.0. The fourth-order valence-electron chi connectivity index (χ4n) is 1.77. The molecular weight excluding hydrogens is 226 g/mol. The molecule has 1 rings (SSSR count). The van der Waals surface area contributed by atoms with Crippen molar-refractivity contribution in [2.24, 2.45) is 5.92 Å². The van der Waals surface area contributed by atoms with Crippen LogP contribution in [0.15, 0.2) is 18.2 Å². The molecule has 4 heteroatoms. The van der Waals surface area contributed by atoms with Crippen molar-refractivity contribution < 1.29 is 4.79 Å². The van der Waals surface area contributed by atoms with E-state index in [9.17, 15) is 4.79 Å². The van der Waals surface area contributed by atoms with Gasteiger partial charge in [0.25, 0.3) is 5.91 Å². The van der Waals surface area contributed by atoms with Gasteiger partial charge in [0.05, 0.1) is 0 Å². The number of nitrogens with two attached hydrogens (primary N) is 2. The molecule has 0 bridgehead atoms. The molecule has 1 aromatic rings. The van der Waals surface area contributed by atoms with Crippen molar-refractivity contribution in [2.45, 2.75) is 39.7 Å². The lowest BCUT2D eigenvalue weighted by Crippen LogP contribution is -2.32. The fraction of sp³-hybridized carbons (Fsp3) is 0.500. The number of carbonyl (C=O) groups is 1. The van der Waals surface area contributed by atoms with Crippen molar-refractivity contribution in [3.05, 3.63) is 23.8 Å². The maximum Gasteiger partial charge on any atom is 0.251 e. The highest BCUT2D eigenvalue weighted by atomic mass is 16.1. The number of amides is 1. The number of anilines is 2. The Labute approximate surface area is 109 Å². The van der Waals surface area contributed by atoms with Crippen LogP contribution in [-0.4, -0.2) is 11.9 Å². The lowest BCUT2D eigenvalue weighted by Gasteiger charge is -2.15. The minimum absolute atomic E-state index is 0.120. The van der Waals surface area contributed by atoms with E-state index >= 15 is 0 Å². The van der Waals surface area contributed by atoms with Crippen LogP contribution in [0.4, 0.5) is 11.4 Å². The smallest absolute Gasteiger partial charge is 0.251 e. The molecule has 100 valence electrons. The summed E-state index contributed by atoms with van der Waals surface area (Å²) < 4.78 is 0. The normalized spacial score (nSPS) is 12.4. The van der Waals surface area contributed by atoms with Crippen LogP contribution in [0.5, 0.6) is 0 Å². The number of nitrogens with one attached hydrogen (secondary N) is 1. The van der Waals surface area contributed by atoms with Gasteiger partial charge in [0, 0.05) is 23.0 Å². The Kier molecular flexibility index (Phi) is 5.01. The van der Waals surface area contributed by atoms with Crippen molar-refractivity contribution in [3.63, 3.8) is 0 Å². The van der Waals surface area contributed by atoms with Gasteiger partial charge in [-0.15, -0.1) is 0 Å². The third-order valence-corrected chi connectivity index (χ3v) is 2.79. The summed E-state index contributed by atoms with van der Waals surface area (Å²) >= 11 is 0. The summed E-state index contributed by atoms with van der Waals surface area (Å²) in [5.41, 5.74) is 12.9. The molecule has 0 saturated heterocycles. The van der Waals surface area contributed by atoms with Gasteiger partial charge in [-0.2, -0.15) is 0 Å². The highest BCUT2D eigenvalue weighted by Crippen LogP contribution is 2.14. The van der Waals surface area contributed by atoms with Crippen LogP contribution < -0.4 is 16.8 Å². The van der Waals surface area contributed by atoms with Gasteiger partial charge in [-0.1, -0.05) is 13.8 Å². The van der Waals surface area contributed by atoms with Crippen LogP contribution in [0, 0.1) is 5.92 Å². The monoisotopic (exact) mass is 249 g/mol. The molecule has 1 amide bonds. The van der Waals surface area contributed by atoms with Gasteiger partial charge >= 0.3 is 0 Å². The lowest BCUT2D eigenvalue weighted by atomic mass is 10.0. The van der Waals surface area contributed by atoms with Crippen LogP contribution in [0.2, 0.25) is 0 Å². The average Bonchev–Trinajstić information content (AvgIpc) is 2.25. The van der Waals surface area contributed by atoms with E-state index in [2.05, 4.69) is 19.2 Å². The van der Waals surface area contributed by atoms with Crippen LogP contribution in [-0.2, 0) is 0 Å². The summed E-state index contributed by atoms with van der Waals surface area (Å²) in [4.78, 5) is 12.0. The predicted octanol–water partition coefficient (Wildman–Crippen LogP) is 2.41. The van der Waals surface area contributed by atoms with Crippen LogP contribution in [0.25, 0.3) is 0 Å². The second-order valence-corrected chi connectivity index (χ2v) is 5.23. The van der Waals surface area contributed by atoms with Crippen LogP contribution in [0.1, 0.15) is 44.0 Å². The molecule has 0 aromatic heterocycles. The summed E-state index contributed by atoms with van der Waals surface area (Å²) in [7, 11) is 0. The first kappa shape index (κ1) is 14.4. The van der Waals surface area contributed by atoms with Crippen molar-refractivity contribution >= 4 is 17.3 Å². The molecule has 1 atom stereocenters. The largest absolute Gasteiger partial charge is 0.399 e. The molecular formula is C14H23N3O. The van der Waals surface area contributed by atoms with Crippen LogP contribution >= 0.6 is 0 Å². The van der Waals surface area contributed by atoms with Gasteiger partial charge in [-0.25, -0.2) is 0 Å². The highest BCUT2D eigenvalue weighted by Gasteiger charge is 2.11. The molecule has 0 saturated carbocycles. The molecule has 0 aliphatic heterocycles. The summed E-state index contributed by atoms with van der Waals surface area (Å²) in [5, 5.41) is 2.96. The van der Waals surface area contributed by atoms with E-state index in [0.717, 1.165) is 12.8 Å². The Morgan fingerprint density at radius 1 is 1.11 bits per heavy atom. The summed E-state index contributed by atoms with van der Waals surface area (Å²) in [6.45, 7) is 6.36. The van der Waals surface area contributed by atoms with E-state index in [1.807, 2.05) is 6.92 Å². The fourth-order valence-corrected chi connectivity index (χ4v) is 1.77.